The van der Waals surface area contributed by atoms with Crippen LogP contribution in [0, 0.1) is 0 Å². The molecule has 0 fully saturated rings. The molecule has 0 bridgehead atoms. The Hall–Kier alpha value is -7.18. The average molecular weight is 666 g/mol. The van der Waals surface area contributed by atoms with Gasteiger partial charge in [0.1, 0.15) is 39.1 Å². The van der Waals surface area contributed by atoms with Gasteiger partial charge in [0.2, 0.25) is 5.71 Å². The van der Waals surface area contributed by atoms with E-state index in [1.165, 1.54) is 10.8 Å². The summed E-state index contributed by atoms with van der Waals surface area (Å²) >= 11 is 0. The summed E-state index contributed by atoms with van der Waals surface area (Å²) < 4.78 is 21.9. The number of fused-ring (bicyclic) bond motifs is 9. The van der Waals surface area contributed by atoms with Gasteiger partial charge in [0.05, 0.1) is 11.0 Å². The monoisotopic (exact) mass is 665 g/mol. The summed E-state index contributed by atoms with van der Waals surface area (Å²) in [6.45, 7) is 0. The van der Waals surface area contributed by atoms with Gasteiger partial charge in [0, 0.05) is 43.3 Å². The molecule has 6 heteroatoms. The number of hydrogen-bond acceptors (Lipinski definition) is 5. The maximum Gasteiger partial charge on any atom is 0.248 e. The predicted octanol–water partition coefficient (Wildman–Crippen LogP) is 12.7. The van der Waals surface area contributed by atoms with Crippen LogP contribution in [0.25, 0.3) is 127 Å². The van der Waals surface area contributed by atoms with E-state index in [1.54, 1.807) is 0 Å². The van der Waals surface area contributed by atoms with E-state index in [0.717, 1.165) is 93.0 Å². The molecule has 52 heavy (non-hydrogen) atoms. The van der Waals surface area contributed by atoms with E-state index in [-0.39, 0.29) is 0 Å². The van der Waals surface area contributed by atoms with Crippen LogP contribution in [-0.2, 0) is 0 Å². The second-order valence-corrected chi connectivity index (χ2v) is 13.6. The first kappa shape index (κ1) is 26.7. The highest BCUT2D eigenvalue weighted by atomic mass is 16.3. The molecule has 6 nitrogen and oxygen atoms in total. The Labute approximate surface area is 293 Å². The number of furan rings is 3. The molecule has 5 heterocycles. The first-order valence-electron chi connectivity index (χ1n) is 17.4. The molecule has 13 aromatic rings. The number of para-hydroxylation sites is 3. The molecule has 0 aliphatic rings. The fourth-order valence-corrected chi connectivity index (χ4v) is 8.87. The fraction of sp³-hybridized carbons (Fsp3) is 0. The Morgan fingerprint density at radius 3 is 1.85 bits per heavy atom. The van der Waals surface area contributed by atoms with Gasteiger partial charge < -0.3 is 13.3 Å². The van der Waals surface area contributed by atoms with Crippen LogP contribution in [0.1, 0.15) is 0 Å². The molecule has 0 saturated carbocycles. The maximum absolute atomic E-state index is 6.63. The summed E-state index contributed by atoms with van der Waals surface area (Å²) in [4.78, 5) is 10.9. The first-order chi connectivity index (χ1) is 25.8. The number of rotatable bonds is 2. The van der Waals surface area contributed by atoms with Crippen LogP contribution in [0.5, 0.6) is 0 Å². The summed E-state index contributed by atoms with van der Waals surface area (Å²) in [6, 6.07) is 48.3. The SMILES string of the molecule is c1ccc2c(c1)oc1c(-c3nc4c(nc3-n3c5cccc6c7ccccc7c7cccc8oc9ccc3c(c9c87)c65)oc3ccccc34)cccc12. The third kappa shape index (κ3) is 3.21. The smallest absolute Gasteiger partial charge is 0.248 e. The van der Waals surface area contributed by atoms with Crippen molar-refractivity contribution in [3.63, 3.8) is 0 Å². The van der Waals surface area contributed by atoms with Gasteiger partial charge in [-0.2, -0.15) is 4.98 Å². The van der Waals surface area contributed by atoms with Crippen LogP contribution in [0.2, 0.25) is 0 Å². The zero-order valence-electron chi connectivity index (χ0n) is 27.3. The molecule has 0 aliphatic heterocycles. The molecule has 13 rings (SSSR count). The molecular formula is C46H23N3O3. The summed E-state index contributed by atoms with van der Waals surface area (Å²) in [5.74, 6) is 0.663. The minimum atomic E-state index is 0.481. The Morgan fingerprint density at radius 2 is 1.00 bits per heavy atom. The highest BCUT2D eigenvalue weighted by molar-refractivity contribution is 6.38. The van der Waals surface area contributed by atoms with E-state index < -0.39 is 0 Å². The van der Waals surface area contributed by atoms with E-state index in [0.29, 0.717) is 22.7 Å². The number of aromatic nitrogens is 3. The molecule has 240 valence electrons. The van der Waals surface area contributed by atoms with E-state index >= 15 is 0 Å². The Morgan fingerprint density at radius 1 is 0.385 bits per heavy atom. The molecule has 0 radical (unpaired) electrons. The summed E-state index contributed by atoms with van der Waals surface area (Å²) in [5.41, 5.74) is 8.87. The van der Waals surface area contributed by atoms with Crippen LogP contribution in [0.4, 0.5) is 0 Å². The molecule has 0 saturated heterocycles. The van der Waals surface area contributed by atoms with Crippen LogP contribution >= 0.6 is 0 Å². The zero-order valence-corrected chi connectivity index (χ0v) is 27.3. The van der Waals surface area contributed by atoms with Gasteiger partial charge in [-0.15, -0.1) is 0 Å². The Bertz CT molecular complexity index is 3650. The summed E-state index contributed by atoms with van der Waals surface area (Å²) in [5, 5.41) is 12.2. The standard InChI is InChI=1S/C46H23N3O3/c1-2-11-25-24(10-1)27-14-8-18-32-38(27)40-33(22-23-37-41(40)39-28(25)15-9-21-36(39)50-37)49(32)45-42(47-43-30-13-4-6-20-35(30)52-46(43)48-45)31-17-7-16-29-26-12-3-5-19-34(26)51-44(29)31/h1-23H. The summed E-state index contributed by atoms with van der Waals surface area (Å²) in [6.07, 6.45) is 0. The van der Waals surface area contributed by atoms with E-state index in [4.69, 9.17) is 23.2 Å². The lowest BCUT2D eigenvalue weighted by atomic mass is 9.95. The van der Waals surface area contributed by atoms with Crippen molar-refractivity contribution in [2.24, 2.45) is 0 Å². The van der Waals surface area contributed by atoms with Crippen LogP contribution in [0.3, 0.4) is 0 Å². The van der Waals surface area contributed by atoms with Crippen LogP contribution in [0.15, 0.2) is 153 Å². The molecule has 0 N–H and O–H groups in total. The predicted molar refractivity (Wildman–Crippen MR) is 210 cm³/mol. The third-order valence-electron chi connectivity index (χ3n) is 11.0. The second-order valence-electron chi connectivity index (χ2n) is 13.6. The van der Waals surface area contributed by atoms with Crippen molar-refractivity contribution in [2.45, 2.75) is 0 Å². The minimum absolute atomic E-state index is 0.481. The molecule has 0 spiro atoms. The highest BCUT2D eigenvalue weighted by Crippen LogP contribution is 2.48. The van der Waals surface area contributed by atoms with Gasteiger partial charge in [-0.25, -0.2) is 4.98 Å². The number of nitrogens with zero attached hydrogens (tertiary/aromatic N) is 3. The van der Waals surface area contributed by atoms with Crippen molar-refractivity contribution in [3.8, 4) is 17.1 Å². The third-order valence-corrected chi connectivity index (χ3v) is 11.0. The van der Waals surface area contributed by atoms with Crippen molar-refractivity contribution in [1.82, 2.24) is 14.5 Å². The van der Waals surface area contributed by atoms with Gasteiger partial charge >= 0.3 is 0 Å². The number of benzene rings is 7. The molecule has 0 aliphatic carbocycles. The van der Waals surface area contributed by atoms with Gasteiger partial charge in [-0.3, -0.25) is 4.57 Å². The lowest BCUT2D eigenvalue weighted by Gasteiger charge is -2.12. The first-order valence-corrected chi connectivity index (χ1v) is 17.4. The lowest BCUT2D eigenvalue weighted by Crippen LogP contribution is -2.03. The van der Waals surface area contributed by atoms with Crippen molar-refractivity contribution >= 4 is 109 Å². The summed E-state index contributed by atoms with van der Waals surface area (Å²) in [7, 11) is 0. The van der Waals surface area contributed by atoms with Crippen molar-refractivity contribution < 1.29 is 13.3 Å². The van der Waals surface area contributed by atoms with Crippen LogP contribution < -0.4 is 0 Å². The van der Waals surface area contributed by atoms with E-state index in [9.17, 15) is 0 Å². The normalized spacial score (nSPS) is 12.6. The van der Waals surface area contributed by atoms with Gasteiger partial charge in [0.25, 0.3) is 0 Å². The topological polar surface area (TPSA) is 70.1 Å². The molecule has 8 aromatic carbocycles. The van der Waals surface area contributed by atoms with Crippen molar-refractivity contribution in [1.29, 1.82) is 0 Å². The van der Waals surface area contributed by atoms with Crippen LogP contribution in [-0.4, -0.2) is 14.5 Å². The van der Waals surface area contributed by atoms with Gasteiger partial charge in [0.15, 0.2) is 5.82 Å². The quantitative estimate of drug-likeness (QED) is 0.184. The van der Waals surface area contributed by atoms with Gasteiger partial charge in [-0.1, -0.05) is 91.0 Å². The highest BCUT2D eigenvalue weighted by Gasteiger charge is 2.27. The molecular weight excluding hydrogens is 643 g/mol. The lowest BCUT2D eigenvalue weighted by molar-refractivity contribution is 0.651. The zero-order chi connectivity index (χ0) is 33.7. The minimum Gasteiger partial charge on any atom is -0.456 e. The largest absolute Gasteiger partial charge is 0.456 e. The second kappa shape index (κ2) is 9.33. The molecule has 0 unspecified atom stereocenters. The van der Waals surface area contributed by atoms with E-state index in [1.807, 2.05) is 42.5 Å². The Kier molecular flexibility index (Phi) is 4.78. The molecule has 5 aromatic heterocycles. The van der Waals surface area contributed by atoms with Crippen molar-refractivity contribution in [3.05, 3.63) is 140 Å². The van der Waals surface area contributed by atoms with E-state index in [2.05, 4.69) is 102 Å². The number of hydrogen-bond donors (Lipinski definition) is 0. The van der Waals surface area contributed by atoms with Crippen molar-refractivity contribution in [2.75, 3.05) is 0 Å². The van der Waals surface area contributed by atoms with Gasteiger partial charge in [-0.05, 0) is 70.1 Å². The average Bonchev–Trinajstić information content (AvgIpc) is 3.95. The maximum atomic E-state index is 6.63. The molecule has 0 amide bonds. The Balaban J connectivity index is 1.28. The fourth-order valence-electron chi connectivity index (χ4n) is 8.87. The molecule has 0 atom stereocenters.